The van der Waals surface area contributed by atoms with Crippen molar-refractivity contribution in [3.8, 4) is 0 Å². The second kappa shape index (κ2) is 8.95. The summed E-state index contributed by atoms with van der Waals surface area (Å²) in [4.78, 5) is 31.1. The molecule has 9 nitrogen and oxygen atoms in total. The van der Waals surface area contributed by atoms with Crippen LogP contribution in [0.3, 0.4) is 0 Å². The Kier molecular flexibility index (Phi) is 6.67. The zero-order chi connectivity index (χ0) is 18.2. The van der Waals surface area contributed by atoms with Crippen LogP contribution in [0.25, 0.3) is 0 Å². The topological polar surface area (TPSA) is 113 Å². The number of nitrogens with two attached hydrogens (primary N) is 1. The van der Waals surface area contributed by atoms with Crippen molar-refractivity contribution in [2.45, 2.75) is 20.4 Å². The van der Waals surface area contributed by atoms with Crippen molar-refractivity contribution >= 4 is 18.0 Å². The van der Waals surface area contributed by atoms with Gasteiger partial charge in [0.15, 0.2) is 11.7 Å². The summed E-state index contributed by atoms with van der Waals surface area (Å²) >= 11 is 0. The van der Waals surface area contributed by atoms with Gasteiger partial charge >= 0.3 is 6.09 Å². The van der Waals surface area contributed by atoms with E-state index in [2.05, 4.69) is 15.2 Å². The van der Waals surface area contributed by atoms with Crippen LogP contribution in [-0.4, -0.2) is 67.1 Å². The number of hydrogen-bond donors (Lipinski definition) is 2. The molecule has 0 aromatic carbocycles. The molecule has 0 bridgehead atoms. The molecule has 0 saturated carbocycles. The minimum atomic E-state index is -0.600. The van der Waals surface area contributed by atoms with E-state index in [1.165, 1.54) is 6.07 Å². The molecule has 0 radical (unpaired) electrons. The Labute approximate surface area is 146 Å². The van der Waals surface area contributed by atoms with Gasteiger partial charge < -0.3 is 30.0 Å². The lowest BCUT2D eigenvalue weighted by Gasteiger charge is -2.35. The van der Waals surface area contributed by atoms with E-state index < -0.39 is 5.91 Å². The first-order valence-corrected chi connectivity index (χ1v) is 8.38. The van der Waals surface area contributed by atoms with Crippen LogP contribution in [0.2, 0.25) is 0 Å². The number of primary amides is 1. The molecule has 0 atom stereocenters. The molecule has 1 saturated heterocycles. The molecule has 2 rings (SSSR count). The van der Waals surface area contributed by atoms with Gasteiger partial charge in [-0.2, -0.15) is 0 Å². The fraction of sp³-hybridized carbons (Fsp3) is 0.562. The van der Waals surface area contributed by atoms with Crippen molar-refractivity contribution in [2.24, 2.45) is 10.7 Å². The predicted molar refractivity (Wildman–Crippen MR) is 92.2 cm³/mol. The third-order valence-corrected chi connectivity index (χ3v) is 3.73. The molecule has 9 heteroatoms. The van der Waals surface area contributed by atoms with Gasteiger partial charge in [0.05, 0.1) is 6.61 Å². The smallest absolute Gasteiger partial charge is 0.409 e. The van der Waals surface area contributed by atoms with Gasteiger partial charge in [0.25, 0.3) is 5.91 Å². The highest BCUT2D eigenvalue weighted by Gasteiger charge is 2.23. The van der Waals surface area contributed by atoms with E-state index in [0.29, 0.717) is 45.1 Å². The standard InChI is InChI=1S/C16H25N5O4/c1-3-18-15(19-11-12-5-6-13(25-12)14(17)22)20-7-9-21(10-8-20)16(23)24-4-2/h5-6H,3-4,7-11H2,1-2H3,(H2,17,22)(H,18,19). The van der Waals surface area contributed by atoms with Crippen LogP contribution in [0.1, 0.15) is 30.2 Å². The van der Waals surface area contributed by atoms with Crippen LogP contribution in [-0.2, 0) is 11.3 Å². The highest BCUT2D eigenvalue weighted by molar-refractivity contribution is 5.89. The van der Waals surface area contributed by atoms with E-state index in [1.54, 1.807) is 17.9 Å². The van der Waals surface area contributed by atoms with Crippen molar-refractivity contribution < 1.29 is 18.7 Å². The summed E-state index contributed by atoms with van der Waals surface area (Å²) in [6, 6.07) is 3.23. The van der Waals surface area contributed by atoms with Crippen molar-refractivity contribution in [1.82, 2.24) is 15.1 Å². The Hall–Kier alpha value is -2.71. The highest BCUT2D eigenvalue weighted by Crippen LogP contribution is 2.10. The average Bonchev–Trinajstić information content (AvgIpc) is 3.08. The number of furan rings is 1. The number of guanidine groups is 1. The van der Waals surface area contributed by atoms with Gasteiger partial charge in [0.2, 0.25) is 0 Å². The normalized spacial score (nSPS) is 15.2. The SMILES string of the molecule is CCNC(=NCc1ccc(C(N)=O)o1)N1CCN(C(=O)OCC)CC1. The molecule has 1 fully saturated rings. The molecule has 1 aromatic rings. The maximum absolute atomic E-state index is 11.8. The second-order valence-electron chi connectivity index (χ2n) is 5.47. The molecular formula is C16H25N5O4. The van der Waals surface area contributed by atoms with E-state index in [0.717, 1.165) is 12.5 Å². The van der Waals surface area contributed by atoms with Crippen LogP contribution < -0.4 is 11.1 Å². The van der Waals surface area contributed by atoms with Gasteiger partial charge in [-0.3, -0.25) is 4.79 Å². The lowest BCUT2D eigenvalue weighted by Crippen LogP contribution is -2.53. The van der Waals surface area contributed by atoms with Crippen LogP contribution >= 0.6 is 0 Å². The first-order valence-electron chi connectivity index (χ1n) is 8.38. The van der Waals surface area contributed by atoms with Crippen LogP contribution in [0.15, 0.2) is 21.5 Å². The maximum Gasteiger partial charge on any atom is 0.409 e. The van der Waals surface area contributed by atoms with Gasteiger partial charge in [0, 0.05) is 32.7 Å². The Morgan fingerprint density at radius 3 is 2.48 bits per heavy atom. The van der Waals surface area contributed by atoms with Crippen LogP contribution in [0, 0.1) is 0 Å². The van der Waals surface area contributed by atoms with E-state index in [1.807, 2.05) is 6.92 Å². The number of piperazine rings is 1. The Morgan fingerprint density at radius 1 is 1.24 bits per heavy atom. The number of hydrogen-bond acceptors (Lipinski definition) is 5. The molecule has 0 unspecified atom stereocenters. The van der Waals surface area contributed by atoms with Gasteiger partial charge in [-0.05, 0) is 26.0 Å². The fourth-order valence-corrected chi connectivity index (χ4v) is 2.49. The third kappa shape index (κ3) is 5.13. The van der Waals surface area contributed by atoms with Crippen molar-refractivity contribution in [2.75, 3.05) is 39.3 Å². The summed E-state index contributed by atoms with van der Waals surface area (Å²) in [5, 5.41) is 3.23. The molecule has 1 aliphatic heterocycles. The predicted octanol–water partition coefficient (Wildman–Crippen LogP) is 0.618. The van der Waals surface area contributed by atoms with Gasteiger partial charge in [-0.1, -0.05) is 0 Å². The summed E-state index contributed by atoms with van der Waals surface area (Å²) in [5.41, 5.74) is 5.18. The Morgan fingerprint density at radius 2 is 1.92 bits per heavy atom. The average molecular weight is 351 g/mol. The maximum atomic E-state index is 11.8. The Balaban J connectivity index is 1.95. The monoisotopic (exact) mass is 351 g/mol. The number of amides is 2. The number of carbonyl (C=O) groups excluding carboxylic acids is 2. The molecule has 1 aromatic heterocycles. The number of carbonyl (C=O) groups is 2. The zero-order valence-electron chi connectivity index (χ0n) is 14.7. The van der Waals surface area contributed by atoms with Crippen LogP contribution in [0.5, 0.6) is 0 Å². The summed E-state index contributed by atoms with van der Waals surface area (Å²) in [7, 11) is 0. The van der Waals surface area contributed by atoms with E-state index >= 15 is 0 Å². The van der Waals surface area contributed by atoms with Gasteiger partial charge in [-0.15, -0.1) is 0 Å². The largest absolute Gasteiger partial charge is 0.454 e. The summed E-state index contributed by atoms with van der Waals surface area (Å²) < 4.78 is 10.4. The number of aliphatic imine (C=N–C) groups is 1. The first-order chi connectivity index (χ1) is 12.0. The van der Waals surface area contributed by atoms with Crippen molar-refractivity contribution in [3.05, 3.63) is 23.7 Å². The third-order valence-electron chi connectivity index (χ3n) is 3.73. The quantitative estimate of drug-likeness (QED) is 0.594. The molecule has 3 N–H and O–H groups in total. The molecule has 2 amide bonds. The van der Waals surface area contributed by atoms with Gasteiger partial charge in [-0.25, -0.2) is 9.79 Å². The van der Waals surface area contributed by atoms with Crippen LogP contribution in [0.4, 0.5) is 4.79 Å². The van der Waals surface area contributed by atoms with Crippen molar-refractivity contribution in [1.29, 1.82) is 0 Å². The Bertz CT molecular complexity index is 620. The number of rotatable bonds is 5. The minimum Gasteiger partial charge on any atom is -0.454 e. The molecule has 25 heavy (non-hydrogen) atoms. The van der Waals surface area contributed by atoms with Crippen molar-refractivity contribution in [3.63, 3.8) is 0 Å². The molecule has 1 aliphatic rings. The fourth-order valence-electron chi connectivity index (χ4n) is 2.49. The van der Waals surface area contributed by atoms with E-state index in [9.17, 15) is 9.59 Å². The zero-order valence-corrected chi connectivity index (χ0v) is 14.7. The molecular weight excluding hydrogens is 326 g/mol. The highest BCUT2D eigenvalue weighted by atomic mass is 16.6. The minimum absolute atomic E-state index is 0.123. The number of nitrogens with zero attached hydrogens (tertiary/aromatic N) is 3. The lowest BCUT2D eigenvalue weighted by atomic mass is 10.3. The molecule has 138 valence electrons. The molecule has 2 heterocycles. The number of nitrogens with one attached hydrogen (secondary N) is 1. The summed E-state index contributed by atoms with van der Waals surface area (Å²) in [6.45, 7) is 7.66. The second-order valence-corrected chi connectivity index (χ2v) is 5.47. The first kappa shape index (κ1) is 18.6. The van der Waals surface area contributed by atoms with E-state index in [4.69, 9.17) is 14.9 Å². The summed E-state index contributed by atoms with van der Waals surface area (Å²) in [5.74, 6) is 0.827. The lowest BCUT2D eigenvalue weighted by molar-refractivity contribution is 0.0913. The molecule has 0 spiro atoms. The number of ether oxygens (including phenoxy) is 1. The van der Waals surface area contributed by atoms with Gasteiger partial charge in [0.1, 0.15) is 12.3 Å². The summed E-state index contributed by atoms with van der Waals surface area (Å²) in [6.07, 6.45) is -0.279. The molecule has 0 aliphatic carbocycles. The van der Waals surface area contributed by atoms with E-state index in [-0.39, 0.29) is 11.9 Å².